The molecule has 0 atom stereocenters. The zero-order valence-electron chi connectivity index (χ0n) is 17.1. The highest BCUT2D eigenvalue weighted by Gasteiger charge is 2.07. The van der Waals surface area contributed by atoms with Gasteiger partial charge in [0.25, 0.3) is 5.91 Å². The van der Waals surface area contributed by atoms with Gasteiger partial charge >= 0.3 is 0 Å². The number of nitrogens with two attached hydrogens (primary N) is 1. The number of hydrogen-bond donors (Lipinski definition) is 2. The quantitative estimate of drug-likeness (QED) is 0.530. The van der Waals surface area contributed by atoms with Gasteiger partial charge in [-0.3, -0.25) is 9.59 Å². The maximum atomic E-state index is 12.3. The number of hydrogen-bond acceptors (Lipinski definition) is 4. The van der Waals surface area contributed by atoms with Crippen LogP contribution >= 0.6 is 0 Å². The Labute approximate surface area is 175 Å². The van der Waals surface area contributed by atoms with E-state index in [4.69, 9.17) is 15.2 Å². The van der Waals surface area contributed by atoms with Crippen LogP contribution in [0.3, 0.4) is 0 Å². The van der Waals surface area contributed by atoms with Gasteiger partial charge in [-0.1, -0.05) is 13.0 Å². The fraction of sp³-hybridized carbons (Fsp3) is 0.217. The van der Waals surface area contributed by atoms with Gasteiger partial charge in [-0.25, -0.2) is 0 Å². The number of primary amides is 1. The molecule has 7 heteroatoms. The Kier molecular flexibility index (Phi) is 6.75. The summed E-state index contributed by atoms with van der Waals surface area (Å²) in [7, 11) is 1.50. The number of nitrogens with one attached hydrogen (secondary N) is 1. The maximum absolute atomic E-state index is 12.3. The SMILES string of the molecule is CCCn1ccc2cc(NC(=O)/C=C/c3ccc(OCC(N)=O)c(OC)c3)ccc21. The fourth-order valence-electron chi connectivity index (χ4n) is 3.13. The monoisotopic (exact) mass is 407 g/mol. The molecular weight excluding hydrogens is 382 g/mol. The Hall–Kier alpha value is -3.74. The molecular formula is C23H25N3O4. The van der Waals surface area contributed by atoms with Crippen molar-refractivity contribution in [3.63, 3.8) is 0 Å². The molecule has 0 spiro atoms. The molecule has 2 aromatic carbocycles. The van der Waals surface area contributed by atoms with Crippen molar-refractivity contribution in [1.82, 2.24) is 4.57 Å². The third-order valence-corrected chi connectivity index (χ3v) is 4.49. The van der Waals surface area contributed by atoms with E-state index in [1.807, 2.05) is 24.3 Å². The molecule has 3 N–H and O–H groups in total. The Morgan fingerprint density at radius 1 is 1.13 bits per heavy atom. The Bertz CT molecular complexity index is 1090. The molecule has 0 aliphatic rings. The van der Waals surface area contributed by atoms with Gasteiger partial charge < -0.3 is 25.1 Å². The normalized spacial score (nSPS) is 11.0. The average molecular weight is 407 g/mol. The van der Waals surface area contributed by atoms with Gasteiger partial charge in [-0.05, 0) is 54.5 Å². The van der Waals surface area contributed by atoms with Crippen molar-refractivity contribution in [2.45, 2.75) is 19.9 Å². The van der Waals surface area contributed by atoms with E-state index in [9.17, 15) is 9.59 Å². The highest BCUT2D eigenvalue weighted by Crippen LogP contribution is 2.28. The molecule has 7 nitrogen and oxygen atoms in total. The zero-order valence-corrected chi connectivity index (χ0v) is 17.1. The molecule has 0 radical (unpaired) electrons. The molecule has 3 rings (SSSR count). The van der Waals surface area contributed by atoms with Crippen LogP contribution in [0.2, 0.25) is 0 Å². The van der Waals surface area contributed by atoms with Crippen molar-refractivity contribution < 1.29 is 19.1 Å². The molecule has 0 aliphatic carbocycles. The number of carbonyl (C=O) groups is 2. The average Bonchev–Trinajstić information content (AvgIpc) is 3.13. The van der Waals surface area contributed by atoms with Crippen LogP contribution < -0.4 is 20.5 Å². The van der Waals surface area contributed by atoms with E-state index in [2.05, 4.69) is 23.0 Å². The number of methoxy groups -OCH3 is 1. The zero-order chi connectivity index (χ0) is 21.5. The largest absolute Gasteiger partial charge is 0.493 e. The van der Waals surface area contributed by atoms with Crippen LogP contribution in [0.15, 0.2) is 54.7 Å². The van der Waals surface area contributed by atoms with E-state index >= 15 is 0 Å². The summed E-state index contributed by atoms with van der Waals surface area (Å²) in [6.07, 6.45) is 6.25. The Balaban J connectivity index is 1.66. The first-order valence-electron chi connectivity index (χ1n) is 9.67. The van der Waals surface area contributed by atoms with E-state index in [0.29, 0.717) is 11.5 Å². The van der Waals surface area contributed by atoms with Crippen molar-refractivity contribution in [2.24, 2.45) is 5.73 Å². The molecule has 3 aromatic rings. The summed E-state index contributed by atoms with van der Waals surface area (Å²) < 4.78 is 12.8. The van der Waals surface area contributed by atoms with Gasteiger partial charge in [0.1, 0.15) is 0 Å². The van der Waals surface area contributed by atoms with Crippen molar-refractivity contribution in [3.8, 4) is 11.5 Å². The van der Waals surface area contributed by atoms with E-state index in [-0.39, 0.29) is 12.5 Å². The van der Waals surface area contributed by atoms with E-state index in [1.54, 1.807) is 24.3 Å². The summed E-state index contributed by atoms with van der Waals surface area (Å²) in [6.45, 7) is 2.87. The number of amides is 2. The van der Waals surface area contributed by atoms with Crippen LogP contribution in [0.5, 0.6) is 11.5 Å². The number of rotatable bonds is 9. The lowest BCUT2D eigenvalue weighted by atomic mass is 10.2. The molecule has 1 heterocycles. The lowest BCUT2D eigenvalue weighted by molar-refractivity contribution is -0.120. The summed E-state index contributed by atoms with van der Waals surface area (Å²) in [5.41, 5.74) is 7.72. The molecule has 156 valence electrons. The Morgan fingerprint density at radius 2 is 1.97 bits per heavy atom. The van der Waals surface area contributed by atoms with E-state index < -0.39 is 5.91 Å². The number of aromatic nitrogens is 1. The summed E-state index contributed by atoms with van der Waals surface area (Å²) in [5.74, 6) is 0.0373. The number of nitrogens with zero attached hydrogens (tertiary/aromatic N) is 1. The third-order valence-electron chi connectivity index (χ3n) is 4.49. The summed E-state index contributed by atoms with van der Waals surface area (Å²) in [6, 6.07) is 13.0. The van der Waals surface area contributed by atoms with Gasteiger partial charge in [0.15, 0.2) is 18.1 Å². The van der Waals surface area contributed by atoms with Crippen LogP contribution in [0.1, 0.15) is 18.9 Å². The maximum Gasteiger partial charge on any atom is 0.255 e. The summed E-state index contributed by atoms with van der Waals surface area (Å²) in [5, 5.41) is 3.96. The van der Waals surface area contributed by atoms with Gasteiger partial charge in [-0.15, -0.1) is 0 Å². The number of ether oxygens (including phenoxy) is 2. The first-order chi connectivity index (χ1) is 14.5. The van der Waals surface area contributed by atoms with Crippen molar-refractivity contribution in [2.75, 3.05) is 19.0 Å². The molecule has 0 fully saturated rings. The second-order valence-corrected chi connectivity index (χ2v) is 6.77. The third kappa shape index (κ3) is 5.20. The van der Waals surface area contributed by atoms with Gasteiger partial charge in [0.2, 0.25) is 5.91 Å². The number of aryl methyl sites for hydroxylation is 1. The molecule has 30 heavy (non-hydrogen) atoms. The lowest BCUT2D eigenvalue weighted by Gasteiger charge is -2.10. The van der Waals surface area contributed by atoms with Crippen LogP contribution in [0.25, 0.3) is 17.0 Å². The number of fused-ring (bicyclic) bond motifs is 1. The van der Waals surface area contributed by atoms with E-state index in [1.165, 1.54) is 13.2 Å². The lowest BCUT2D eigenvalue weighted by Crippen LogP contribution is -2.20. The molecule has 0 saturated heterocycles. The minimum atomic E-state index is -0.571. The first-order valence-corrected chi connectivity index (χ1v) is 9.67. The van der Waals surface area contributed by atoms with Gasteiger partial charge in [-0.2, -0.15) is 0 Å². The second-order valence-electron chi connectivity index (χ2n) is 6.77. The van der Waals surface area contributed by atoms with Crippen LogP contribution in [-0.2, 0) is 16.1 Å². The van der Waals surface area contributed by atoms with Crippen LogP contribution in [0.4, 0.5) is 5.69 Å². The van der Waals surface area contributed by atoms with Crippen LogP contribution in [0, 0.1) is 0 Å². The molecule has 0 aliphatic heterocycles. The second kappa shape index (κ2) is 9.65. The molecule has 0 saturated carbocycles. The van der Waals surface area contributed by atoms with Gasteiger partial charge in [0, 0.05) is 35.4 Å². The van der Waals surface area contributed by atoms with Gasteiger partial charge in [0.05, 0.1) is 7.11 Å². The number of benzene rings is 2. The van der Waals surface area contributed by atoms with Crippen LogP contribution in [-0.4, -0.2) is 30.1 Å². The fourth-order valence-corrected chi connectivity index (χ4v) is 3.13. The Morgan fingerprint density at radius 3 is 2.70 bits per heavy atom. The van der Waals surface area contributed by atoms with Crippen molar-refractivity contribution in [3.05, 3.63) is 60.3 Å². The molecule has 0 unspecified atom stereocenters. The number of carbonyl (C=O) groups excluding carboxylic acids is 2. The molecule has 0 bridgehead atoms. The van der Waals surface area contributed by atoms with Crippen molar-refractivity contribution in [1.29, 1.82) is 0 Å². The summed E-state index contributed by atoms with van der Waals surface area (Å²) in [4.78, 5) is 23.2. The first kappa shape index (κ1) is 21.0. The predicted molar refractivity (Wildman–Crippen MR) is 118 cm³/mol. The molecule has 1 aromatic heterocycles. The molecule has 2 amide bonds. The minimum absolute atomic E-state index is 0.236. The highest BCUT2D eigenvalue weighted by molar-refractivity contribution is 6.03. The highest BCUT2D eigenvalue weighted by atomic mass is 16.5. The summed E-state index contributed by atoms with van der Waals surface area (Å²) >= 11 is 0. The smallest absolute Gasteiger partial charge is 0.255 e. The number of anilines is 1. The predicted octanol–water partition coefficient (Wildman–Crippen LogP) is 3.58. The minimum Gasteiger partial charge on any atom is -0.493 e. The standard InChI is InChI=1S/C23H25N3O4/c1-3-11-26-12-10-17-14-18(6-7-19(17)26)25-23(28)9-5-16-4-8-20(21(13-16)29-2)30-15-22(24)27/h4-10,12-14H,3,11,15H2,1-2H3,(H2,24,27)(H,25,28)/b9-5+. The van der Waals surface area contributed by atoms with Crippen molar-refractivity contribution >= 4 is 34.5 Å². The van der Waals surface area contributed by atoms with E-state index in [0.717, 1.165) is 35.1 Å². The topological polar surface area (TPSA) is 95.6 Å².